The molecule has 0 atom stereocenters. The molecule has 0 saturated carbocycles. The molecule has 2 aliphatic heterocycles. The summed E-state index contributed by atoms with van der Waals surface area (Å²) in [5, 5.41) is 14.4. The largest absolute Gasteiger partial charge is 0.488 e. The zero-order valence-electron chi connectivity index (χ0n) is 19.6. The van der Waals surface area contributed by atoms with E-state index in [0.29, 0.717) is 0 Å². The molecular formula is C28H33N3O2. The second kappa shape index (κ2) is 9.54. The van der Waals surface area contributed by atoms with Gasteiger partial charge in [0.25, 0.3) is 0 Å². The number of aromatic nitrogens is 2. The molecule has 3 heterocycles. The molecule has 1 saturated heterocycles. The van der Waals surface area contributed by atoms with Crippen LogP contribution >= 0.6 is 0 Å². The molecule has 2 aromatic carbocycles. The molecule has 0 aliphatic carbocycles. The van der Waals surface area contributed by atoms with Crippen LogP contribution in [0.15, 0.2) is 54.6 Å². The summed E-state index contributed by atoms with van der Waals surface area (Å²) in [6, 6.07) is 19.2. The Morgan fingerprint density at radius 3 is 2.61 bits per heavy atom. The van der Waals surface area contributed by atoms with Gasteiger partial charge in [-0.25, -0.2) is 0 Å². The van der Waals surface area contributed by atoms with Gasteiger partial charge in [0.1, 0.15) is 11.9 Å². The van der Waals surface area contributed by atoms with E-state index in [1.807, 2.05) is 6.07 Å². The molecule has 5 nitrogen and oxygen atoms in total. The third kappa shape index (κ3) is 4.48. The predicted octanol–water partition coefficient (Wildman–Crippen LogP) is 4.91. The van der Waals surface area contributed by atoms with E-state index in [-0.39, 0.29) is 12.7 Å². The molecule has 5 heteroatoms. The minimum atomic E-state index is -0.0454. The second-order valence-corrected chi connectivity index (χ2v) is 9.20. The summed E-state index contributed by atoms with van der Waals surface area (Å²) in [5.41, 5.74) is 8.08. The van der Waals surface area contributed by atoms with Gasteiger partial charge in [0.2, 0.25) is 0 Å². The molecule has 33 heavy (non-hydrogen) atoms. The molecule has 0 radical (unpaired) electrons. The maximum atomic E-state index is 9.73. The SMILES string of the molecule is CCCN1CC(Oc2ccc(C3=C(c4ccccc4C)CCCn4nc(CO)cc43)cc2)C1. The zero-order chi connectivity index (χ0) is 22.8. The normalized spacial score (nSPS) is 16.9. The van der Waals surface area contributed by atoms with Crippen molar-refractivity contribution in [1.82, 2.24) is 14.7 Å². The van der Waals surface area contributed by atoms with Gasteiger partial charge in [0.15, 0.2) is 0 Å². The summed E-state index contributed by atoms with van der Waals surface area (Å²) in [5.74, 6) is 0.927. The van der Waals surface area contributed by atoms with Crippen LogP contribution in [0.3, 0.4) is 0 Å². The van der Waals surface area contributed by atoms with Gasteiger partial charge in [0.05, 0.1) is 18.0 Å². The highest BCUT2D eigenvalue weighted by atomic mass is 16.5. The molecule has 1 aromatic heterocycles. The first-order valence-corrected chi connectivity index (χ1v) is 12.1. The Hall–Kier alpha value is -2.89. The van der Waals surface area contributed by atoms with E-state index < -0.39 is 0 Å². The third-order valence-electron chi connectivity index (χ3n) is 6.73. The van der Waals surface area contributed by atoms with Crippen molar-refractivity contribution in [3.63, 3.8) is 0 Å². The number of likely N-dealkylation sites (tertiary alicyclic amines) is 1. The van der Waals surface area contributed by atoms with E-state index >= 15 is 0 Å². The fourth-order valence-electron chi connectivity index (χ4n) is 5.10. The van der Waals surface area contributed by atoms with Crippen molar-refractivity contribution in [2.45, 2.75) is 52.4 Å². The Bertz CT molecular complexity index is 1140. The van der Waals surface area contributed by atoms with Crippen LogP contribution in [0, 0.1) is 6.92 Å². The van der Waals surface area contributed by atoms with E-state index in [9.17, 15) is 5.11 Å². The number of nitrogens with zero attached hydrogens (tertiary/aromatic N) is 3. The first kappa shape index (κ1) is 21.9. The number of fused-ring (bicyclic) bond motifs is 1. The van der Waals surface area contributed by atoms with Crippen LogP contribution in [0.2, 0.25) is 0 Å². The number of aliphatic hydroxyl groups is 1. The number of rotatable bonds is 7. The lowest BCUT2D eigenvalue weighted by Crippen LogP contribution is -2.53. The van der Waals surface area contributed by atoms with E-state index in [4.69, 9.17) is 4.74 Å². The zero-order valence-corrected chi connectivity index (χ0v) is 19.6. The lowest BCUT2D eigenvalue weighted by Gasteiger charge is -2.38. The van der Waals surface area contributed by atoms with Crippen LogP contribution < -0.4 is 4.74 Å². The molecule has 3 aromatic rings. The standard InChI is InChI=1S/C28H33N3O2/c1-3-14-30-17-24(18-30)33-23-12-10-21(11-13-23)28-26(25-8-5-4-7-20(25)2)9-6-15-31-27(28)16-22(19-32)29-31/h4-5,7-8,10-13,16,24,32H,3,6,9,14-15,17-19H2,1-2H3. The molecule has 0 unspecified atom stereocenters. The van der Waals surface area contributed by atoms with Gasteiger partial charge in [-0.2, -0.15) is 5.10 Å². The van der Waals surface area contributed by atoms with E-state index in [1.54, 1.807) is 0 Å². The third-order valence-corrected chi connectivity index (χ3v) is 6.73. The van der Waals surface area contributed by atoms with E-state index in [0.717, 1.165) is 61.7 Å². The van der Waals surface area contributed by atoms with Crippen molar-refractivity contribution in [3.8, 4) is 5.75 Å². The lowest BCUT2D eigenvalue weighted by atomic mass is 9.88. The second-order valence-electron chi connectivity index (χ2n) is 9.20. The van der Waals surface area contributed by atoms with Gasteiger partial charge >= 0.3 is 0 Å². The topological polar surface area (TPSA) is 50.5 Å². The highest BCUT2D eigenvalue weighted by Gasteiger charge is 2.28. The number of aryl methyl sites for hydroxylation is 2. The van der Waals surface area contributed by atoms with Crippen molar-refractivity contribution < 1.29 is 9.84 Å². The van der Waals surface area contributed by atoms with E-state index in [1.165, 1.54) is 28.7 Å². The molecule has 172 valence electrons. The van der Waals surface area contributed by atoms with Gasteiger partial charge < -0.3 is 9.84 Å². The van der Waals surface area contributed by atoms with Gasteiger partial charge in [0, 0.05) is 25.2 Å². The van der Waals surface area contributed by atoms with Crippen LogP contribution in [-0.4, -0.2) is 45.5 Å². The summed E-state index contributed by atoms with van der Waals surface area (Å²) in [6.45, 7) is 8.39. The fraction of sp³-hybridized carbons (Fsp3) is 0.393. The number of aliphatic hydroxyl groups excluding tert-OH is 1. The van der Waals surface area contributed by atoms with Crippen LogP contribution in [0.25, 0.3) is 11.1 Å². The molecule has 1 fully saturated rings. The number of hydrogen-bond acceptors (Lipinski definition) is 4. The maximum absolute atomic E-state index is 9.73. The van der Waals surface area contributed by atoms with Crippen molar-refractivity contribution in [1.29, 1.82) is 0 Å². The van der Waals surface area contributed by atoms with Crippen molar-refractivity contribution >= 4 is 11.1 Å². The fourth-order valence-corrected chi connectivity index (χ4v) is 5.10. The Balaban J connectivity index is 1.51. The minimum absolute atomic E-state index is 0.0454. The number of allylic oxidation sites excluding steroid dienone is 1. The van der Waals surface area contributed by atoms with Crippen LogP contribution in [0.1, 0.15) is 54.3 Å². The molecular weight excluding hydrogens is 410 g/mol. The summed E-state index contributed by atoms with van der Waals surface area (Å²) in [7, 11) is 0. The molecule has 0 spiro atoms. The Labute approximate surface area is 196 Å². The van der Waals surface area contributed by atoms with Gasteiger partial charge in [-0.05, 0) is 73.2 Å². The molecule has 5 rings (SSSR count). The Kier molecular flexibility index (Phi) is 6.34. The van der Waals surface area contributed by atoms with Crippen molar-refractivity contribution in [3.05, 3.63) is 82.7 Å². The summed E-state index contributed by atoms with van der Waals surface area (Å²) >= 11 is 0. The summed E-state index contributed by atoms with van der Waals surface area (Å²) in [4.78, 5) is 2.43. The highest BCUT2D eigenvalue weighted by molar-refractivity contribution is 5.98. The Morgan fingerprint density at radius 1 is 1.09 bits per heavy atom. The number of hydrogen-bond donors (Lipinski definition) is 1. The molecule has 2 aliphatic rings. The first-order chi connectivity index (χ1) is 16.2. The monoisotopic (exact) mass is 443 g/mol. The van der Waals surface area contributed by atoms with Gasteiger partial charge in [-0.15, -0.1) is 0 Å². The van der Waals surface area contributed by atoms with Gasteiger partial charge in [-0.1, -0.05) is 43.3 Å². The maximum Gasteiger partial charge on any atom is 0.124 e. The smallest absolute Gasteiger partial charge is 0.124 e. The van der Waals surface area contributed by atoms with Crippen molar-refractivity contribution in [2.24, 2.45) is 0 Å². The molecule has 1 N–H and O–H groups in total. The van der Waals surface area contributed by atoms with Crippen LogP contribution in [0.4, 0.5) is 0 Å². The molecule has 0 bridgehead atoms. The molecule has 0 amide bonds. The minimum Gasteiger partial charge on any atom is -0.488 e. The van der Waals surface area contributed by atoms with Crippen LogP contribution in [-0.2, 0) is 13.2 Å². The lowest BCUT2D eigenvalue weighted by molar-refractivity contribution is 0.0202. The van der Waals surface area contributed by atoms with Crippen LogP contribution in [0.5, 0.6) is 5.75 Å². The summed E-state index contributed by atoms with van der Waals surface area (Å²) in [6.07, 6.45) is 3.49. The van der Waals surface area contributed by atoms with E-state index in [2.05, 4.69) is 77.1 Å². The van der Waals surface area contributed by atoms with Gasteiger partial charge in [-0.3, -0.25) is 9.58 Å². The number of benzene rings is 2. The number of ether oxygens (including phenoxy) is 1. The average Bonchev–Trinajstić information content (AvgIpc) is 3.13. The average molecular weight is 444 g/mol. The summed E-state index contributed by atoms with van der Waals surface area (Å²) < 4.78 is 8.27. The first-order valence-electron chi connectivity index (χ1n) is 12.1. The predicted molar refractivity (Wildman–Crippen MR) is 132 cm³/mol. The van der Waals surface area contributed by atoms with Crippen molar-refractivity contribution in [2.75, 3.05) is 19.6 Å². The quantitative estimate of drug-likeness (QED) is 0.564. The highest BCUT2D eigenvalue weighted by Crippen LogP contribution is 2.39. The Morgan fingerprint density at radius 2 is 1.88 bits per heavy atom.